The standard InChI is InChI=1S/C22H26N4O5/c1-4-11-31-17-9-8-14(13(3)27)12-15(17)21-23-19-16(5-2)25-26(10-6-7-18(28)29)20(19)22(30)24-21/h8-9,12H,4-7,10-11H2,1-3H3,(H,28,29)(H,23,24,30). The molecule has 1 aromatic carbocycles. The first-order chi connectivity index (χ1) is 14.8. The fourth-order valence-corrected chi connectivity index (χ4v) is 3.33. The molecule has 0 aliphatic heterocycles. The molecule has 0 aliphatic carbocycles. The van der Waals surface area contributed by atoms with Crippen molar-refractivity contribution in [2.45, 2.75) is 53.0 Å². The van der Waals surface area contributed by atoms with Gasteiger partial charge >= 0.3 is 5.97 Å². The lowest BCUT2D eigenvalue weighted by molar-refractivity contribution is -0.137. The maximum atomic E-state index is 13.0. The molecule has 9 heteroatoms. The number of Topliss-reactive ketones (excluding diaryl/α,β-unsaturated/α-hetero) is 1. The van der Waals surface area contributed by atoms with Gasteiger partial charge in [0.05, 0.1) is 17.9 Å². The third-order valence-electron chi connectivity index (χ3n) is 4.87. The van der Waals surface area contributed by atoms with Gasteiger partial charge in [0.2, 0.25) is 0 Å². The number of fused-ring (bicyclic) bond motifs is 1. The Balaban J connectivity index is 2.14. The van der Waals surface area contributed by atoms with Gasteiger partial charge in [-0.3, -0.25) is 19.1 Å². The van der Waals surface area contributed by atoms with Crippen LogP contribution in [0, 0.1) is 0 Å². The van der Waals surface area contributed by atoms with E-state index in [2.05, 4.69) is 15.1 Å². The van der Waals surface area contributed by atoms with E-state index in [1.165, 1.54) is 11.6 Å². The number of aromatic nitrogens is 4. The van der Waals surface area contributed by atoms with E-state index in [0.717, 1.165) is 6.42 Å². The minimum absolute atomic E-state index is 0.0117. The van der Waals surface area contributed by atoms with Gasteiger partial charge < -0.3 is 14.8 Å². The third-order valence-corrected chi connectivity index (χ3v) is 4.87. The van der Waals surface area contributed by atoms with Crippen LogP contribution < -0.4 is 10.3 Å². The number of carboxylic acids is 1. The van der Waals surface area contributed by atoms with Gasteiger partial charge in [0.1, 0.15) is 17.1 Å². The molecular weight excluding hydrogens is 400 g/mol. The van der Waals surface area contributed by atoms with Crippen molar-refractivity contribution in [3.05, 3.63) is 39.8 Å². The summed E-state index contributed by atoms with van der Waals surface area (Å²) in [6.07, 6.45) is 1.71. The molecule has 2 N–H and O–H groups in total. The molecule has 31 heavy (non-hydrogen) atoms. The number of hydrogen-bond acceptors (Lipinski definition) is 6. The largest absolute Gasteiger partial charge is 0.493 e. The van der Waals surface area contributed by atoms with Crippen molar-refractivity contribution >= 4 is 22.8 Å². The highest BCUT2D eigenvalue weighted by Gasteiger charge is 2.19. The summed E-state index contributed by atoms with van der Waals surface area (Å²) in [6.45, 7) is 6.17. The van der Waals surface area contributed by atoms with E-state index in [-0.39, 0.29) is 17.8 Å². The Labute approximate surface area is 179 Å². The molecule has 3 aromatic rings. The van der Waals surface area contributed by atoms with Crippen molar-refractivity contribution in [3.8, 4) is 17.1 Å². The Morgan fingerprint density at radius 3 is 2.68 bits per heavy atom. The number of aliphatic carboxylic acids is 1. The number of hydrogen-bond donors (Lipinski definition) is 2. The molecule has 0 amide bonds. The maximum Gasteiger partial charge on any atom is 0.303 e. The molecular formula is C22H26N4O5. The van der Waals surface area contributed by atoms with Gasteiger partial charge in [0.15, 0.2) is 11.3 Å². The minimum Gasteiger partial charge on any atom is -0.493 e. The maximum absolute atomic E-state index is 13.0. The number of H-pyrrole nitrogens is 1. The highest BCUT2D eigenvalue weighted by Crippen LogP contribution is 2.30. The van der Waals surface area contributed by atoms with Crippen molar-refractivity contribution < 1.29 is 19.4 Å². The summed E-state index contributed by atoms with van der Waals surface area (Å²) in [5.74, 6) is -0.175. The number of aromatic amines is 1. The minimum atomic E-state index is -0.897. The number of ether oxygens (including phenoxy) is 1. The summed E-state index contributed by atoms with van der Waals surface area (Å²) < 4.78 is 7.34. The first-order valence-electron chi connectivity index (χ1n) is 10.3. The number of nitrogens with zero attached hydrogens (tertiary/aromatic N) is 3. The Kier molecular flexibility index (Phi) is 6.84. The molecule has 0 fully saturated rings. The summed E-state index contributed by atoms with van der Waals surface area (Å²) >= 11 is 0. The number of ketones is 1. The molecule has 0 spiro atoms. The lowest BCUT2D eigenvalue weighted by Crippen LogP contribution is -2.15. The number of rotatable bonds is 10. The molecule has 9 nitrogen and oxygen atoms in total. The number of benzene rings is 1. The van der Waals surface area contributed by atoms with Crippen LogP contribution in [0.1, 0.15) is 56.1 Å². The van der Waals surface area contributed by atoms with E-state index in [1.54, 1.807) is 18.2 Å². The van der Waals surface area contributed by atoms with Crippen molar-refractivity contribution in [2.75, 3.05) is 6.61 Å². The molecule has 0 saturated heterocycles. The van der Waals surface area contributed by atoms with Gasteiger partial charge in [-0.2, -0.15) is 5.10 Å². The second kappa shape index (κ2) is 9.55. The molecule has 2 aromatic heterocycles. The molecule has 3 rings (SSSR count). The zero-order valence-corrected chi connectivity index (χ0v) is 17.9. The second-order valence-corrected chi connectivity index (χ2v) is 7.25. The monoisotopic (exact) mass is 426 g/mol. The first-order valence-corrected chi connectivity index (χ1v) is 10.3. The number of carbonyl (C=O) groups is 2. The molecule has 2 heterocycles. The summed E-state index contributed by atoms with van der Waals surface area (Å²) in [5.41, 5.74) is 2.06. The van der Waals surface area contributed by atoms with E-state index in [1.807, 2.05) is 13.8 Å². The number of carboxylic acid groups (broad SMARTS) is 1. The van der Waals surface area contributed by atoms with Crippen molar-refractivity contribution in [3.63, 3.8) is 0 Å². The predicted molar refractivity (Wildman–Crippen MR) is 116 cm³/mol. The summed E-state index contributed by atoms with van der Waals surface area (Å²) in [5, 5.41) is 13.4. The fourth-order valence-electron chi connectivity index (χ4n) is 3.33. The average molecular weight is 426 g/mol. The van der Waals surface area contributed by atoms with E-state index in [4.69, 9.17) is 9.84 Å². The molecule has 164 valence electrons. The van der Waals surface area contributed by atoms with Crippen LogP contribution in [0.5, 0.6) is 5.75 Å². The van der Waals surface area contributed by atoms with Gasteiger partial charge in [-0.1, -0.05) is 13.8 Å². The van der Waals surface area contributed by atoms with Crippen LogP contribution in [0.25, 0.3) is 22.4 Å². The summed E-state index contributed by atoms with van der Waals surface area (Å²) in [6, 6.07) is 5.06. The molecule has 0 bridgehead atoms. The Bertz CT molecular complexity index is 1180. The van der Waals surface area contributed by atoms with Crippen LogP contribution in [0.4, 0.5) is 0 Å². The Morgan fingerprint density at radius 2 is 2.03 bits per heavy atom. The summed E-state index contributed by atoms with van der Waals surface area (Å²) in [4.78, 5) is 43.2. The Morgan fingerprint density at radius 1 is 1.26 bits per heavy atom. The normalized spacial score (nSPS) is 11.1. The highest BCUT2D eigenvalue weighted by molar-refractivity contribution is 5.95. The topological polar surface area (TPSA) is 127 Å². The number of aryl methyl sites for hydroxylation is 2. The van der Waals surface area contributed by atoms with Gasteiger partial charge in [0.25, 0.3) is 5.56 Å². The van der Waals surface area contributed by atoms with Crippen LogP contribution in [-0.4, -0.2) is 43.2 Å². The third kappa shape index (κ3) is 4.82. The van der Waals surface area contributed by atoms with E-state index in [0.29, 0.717) is 65.4 Å². The van der Waals surface area contributed by atoms with Gasteiger partial charge in [0, 0.05) is 18.5 Å². The smallest absolute Gasteiger partial charge is 0.303 e. The van der Waals surface area contributed by atoms with Crippen molar-refractivity contribution in [1.29, 1.82) is 0 Å². The number of carbonyl (C=O) groups excluding carboxylic acids is 1. The molecule has 0 unspecified atom stereocenters. The average Bonchev–Trinajstić information content (AvgIpc) is 3.10. The Hall–Kier alpha value is -3.49. The molecule has 0 atom stereocenters. The quantitative estimate of drug-likeness (QED) is 0.477. The summed E-state index contributed by atoms with van der Waals surface area (Å²) in [7, 11) is 0. The fraction of sp³-hybridized carbons (Fsp3) is 0.409. The zero-order valence-electron chi connectivity index (χ0n) is 17.9. The molecule has 0 saturated carbocycles. The van der Waals surface area contributed by atoms with Crippen LogP contribution in [0.2, 0.25) is 0 Å². The van der Waals surface area contributed by atoms with Crippen LogP contribution in [0.3, 0.4) is 0 Å². The van der Waals surface area contributed by atoms with E-state index >= 15 is 0 Å². The van der Waals surface area contributed by atoms with Gasteiger partial charge in [-0.15, -0.1) is 0 Å². The lowest BCUT2D eigenvalue weighted by atomic mass is 10.1. The van der Waals surface area contributed by atoms with E-state index in [9.17, 15) is 14.4 Å². The zero-order chi connectivity index (χ0) is 22.5. The second-order valence-electron chi connectivity index (χ2n) is 7.25. The highest BCUT2D eigenvalue weighted by atomic mass is 16.5. The SMILES string of the molecule is CCCOc1ccc(C(C)=O)cc1-c1nc2c(CC)nn(CCCC(=O)O)c2c(=O)[nH]1. The van der Waals surface area contributed by atoms with Gasteiger partial charge in [-0.25, -0.2) is 4.98 Å². The molecule has 0 aliphatic rings. The molecule has 0 radical (unpaired) electrons. The van der Waals surface area contributed by atoms with Crippen LogP contribution >= 0.6 is 0 Å². The van der Waals surface area contributed by atoms with Gasteiger partial charge in [-0.05, 0) is 44.4 Å². The van der Waals surface area contributed by atoms with Crippen molar-refractivity contribution in [2.24, 2.45) is 0 Å². The lowest BCUT2D eigenvalue weighted by Gasteiger charge is -2.12. The van der Waals surface area contributed by atoms with Crippen LogP contribution in [-0.2, 0) is 17.8 Å². The number of nitrogens with one attached hydrogen (secondary N) is 1. The van der Waals surface area contributed by atoms with Crippen molar-refractivity contribution in [1.82, 2.24) is 19.7 Å². The first kappa shape index (κ1) is 22.2. The predicted octanol–water partition coefficient (Wildman–Crippen LogP) is 3.21. The van der Waals surface area contributed by atoms with Crippen LogP contribution in [0.15, 0.2) is 23.0 Å². The van der Waals surface area contributed by atoms with E-state index < -0.39 is 5.97 Å².